The van der Waals surface area contributed by atoms with E-state index in [0.717, 1.165) is 37.8 Å². The fourth-order valence-electron chi connectivity index (χ4n) is 4.34. The second-order valence-electron chi connectivity index (χ2n) is 7.44. The Morgan fingerprint density at radius 2 is 1.86 bits per heavy atom. The second-order valence-corrected chi connectivity index (χ2v) is 7.44. The van der Waals surface area contributed by atoms with E-state index in [0.29, 0.717) is 11.4 Å². The first-order chi connectivity index (χ1) is 13.4. The summed E-state index contributed by atoms with van der Waals surface area (Å²) in [5, 5.41) is 0. The summed E-state index contributed by atoms with van der Waals surface area (Å²) in [6.07, 6.45) is 0.523. The molecule has 0 spiro atoms. The van der Waals surface area contributed by atoms with Gasteiger partial charge >= 0.3 is 6.18 Å². The fourth-order valence-corrected chi connectivity index (χ4v) is 4.34. The van der Waals surface area contributed by atoms with Gasteiger partial charge in [0, 0.05) is 37.2 Å². The molecule has 1 amide bonds. The van der Waals surface area contributed by atoms with Gasteiger partial charge in [-0.05, 0) is 30.5 Å². The van der Waals surface area contributed by atoms with Crippen LogP contribution in [0, 0.1) is 0 Å². The van der Waals surface area contributed by atoms with Gasteiger partial charge in [-0.1, -0.05) is 24.3 Å². The smallest absolute Gasteiger partial charge is 0.416 e. The lowest BCUT2D eigenvalue weighted by molar-refractivity contribution is -0.138. The van der Waals surface area contributed by atoms with Crippen molar-refractivity contribution in [2.45, 2.75) is 56.5 Å². The molecule has 2 aromatic rings. The zero-order valence-corrected chi connectivity index (χ0v) is 15.2. The molecule has 0 unspecified atom stereocenters. The summed E-state index contributed by atoms with van der Waals surface area (Å²) >= 11 is 0. The molecule has 0 aliphatic carbocycles. The molecule has 2 aliphatic heterocycles. The Morgan fingerprint density at radius 3 is 2.50 bits per heavy atom. The Bertz CT molecular complexity index is 827. The topological polar surface area (TPSA) is 42.4 Å². The number of amides is 1. The van der Waals surface area contributed by atoms with Crippen molar-refractivity contribution in [3.63, 3.8) is 0 Å². The summed E-state index contributed by atoms with van der Waals surface area (Å²) in [5.41, 5.74) is -0.325. The molecule has 2 saturated heterocycles. The highest BCUT2D eigenvalue weighted by Gasteiger charge is 2.44. The van der Waals surface area contributed by atoms with Crippen LogP contribution < -0.4 is 4.74 Å². The van der Waals surface area contributed by atoms with Crippen LogP contribution in [0.2, 0.25) is 0 Å². The number of piperidine rings is 1. The highest BCUT2D eigenvalue weighted by atomic mass is 19.4. The van der Waals surface area contributed by atoms with Crippen LogP contribution in [0.15, 0.2) is 48.7 Å². The first kappa shape index (κ1) is 18.8. The number of ether oxygens (including phenoxy) is 1. The fraction of sp³-hybridized carbons (Fsp3) is 0.429. The number of aromatic nitrogens is 1. The van der Waals surface area contributed by atoms with E-state index in [1.807, 2.05) is 23.1 Å². The van der Waals surface area contributed by atoms with E-state index in [1.165, 1.54) is 6.07 Å². The van der Waals surface area contributed by atoms with Crippen molar-refractivity contribution < 1.29 is 22.7 Å². The van der Waals surface area contributed by atoms with Crippen LogP contribution in [-0.2, 0) is 17.4 Å². The lowest BCUT2D eigenvalue weighted by Crippen LogP contribution is -2.49. The van der Waals surface area contributed by atoms with Crippen LogP contribution in [0.5, 0.6) is 5.88 Å². The molecule has 0 radical (unpaired) electrons. The number of benzene rings is 1. The third kappa shape index (κ3) is 3.98. The Labute approximate surface area is 161 Å². The number of rotatable bonds is 4. The van der Waals surface area contributed by atoms with Crippen molar-refractivity contribution in [1.29, 1.82) is 0 Å². The van der Waals surface area contributed by atoms with Crippen LogP contribution in [-0.4, -0.2) is 34.0 Å². The number of carbonyl (C=O) groups is 1. The molecule has 0 N–H and O–H groups in total. The number of halogens is 3. The van der Waals surface area contributed by atoms with Crippen molar-refractivity contribution in [2.24, 2.45) is 0 Å². The van der Waals surface area contributed by atoms with Gasteiger partial charge in [0.1, 0.15) is 6.10 Å². The van der Waals surface area contributed by atoms with E-state index < -0.39 is 11.7 Å². The Morgan fingerprint density at radius 1 is 1.11 bits per heavy atom. The van der Waals surface area contributed by atoms with E-state index in [-0.39, 0.29) is 30.5 Å². The molecule has 7 heteroatoms. The van der Waals surface area contributed by atoms with Gasteiger partial charge in [0.2, 0.25) is 11.8 Å². The molecule has 4 nitrogen and oxygen atoms in total. The van der Waals surface area contributed by atoms with Crippen LogP contribution in [0.25, 0.3) is 0 Å². The van der Waals surface area contributed by atoms with Crippen molar-refractivity contribution in [3.05, 3.63) is 59.8 Å². The summed E-state index contributed by atoms with van der Waals surface area (Å²) in [7, 11) is 0. The molecule has 28 heavy (non-hydrogen) atoms. The summed E-state index contributed by atoms with van der Waals surface area (Å²) in [4.78, 5) is 18.9. The van der Waals surface area contributed by atoms with Gasteiger partial charge in [0.05, 0.1) is 12.0 Å². The van der Waals surface area contributed by atoms with Gasteiger partial charge in [-0.3, -0.25) is 4.79 Å². The van der Waals surface area contributed by atoms with Gasteiger partial charge in [-0.25, -0.2) is 4.98 Å². The Hall–Kier alpha value is -2.57. The van der Waals surface area contributed by atoms with Crippen molar-refractivity contribution in [3.8, 4) is 5.88 Å². The first-order valence-corrected chi connectivity index (χ1v) is 9.45. The molecule has 1 aromatic heterocycles. The van der Waals surface area contributed by atoms with Gasteiger partial charge < -0.3 is 9.64 Å². The quantitative estimate of drug-likeness (QED) is 0.784. The van der Waals surface area contributed by atoms with E-state index in [2.05, 4.69) is 4.98 Å². The van der Waals surface area contributed by atoms with Crippen LogP contribution in [0.1, 0.15) is 36.8 Å². The molecular formula is C21H21F3N2O2. The maximum absolute atomic E-state index is 12.9. The lowest BCUT2D eigenvalue weighted by Gasteiger charge is -2.38. The van der Waals surface area contributed by atoms with Crippen LogP contribution in [0.3, 0.4) is 0 Å². The standard InChI is InChI=1S/C21H21F3N2O2/c22-21(23,24)15-5-3-4-14(10-15)11-20(27)26-16-7-8-17(26)13-18(12-16)28-19-6-1-2-9-25-19/h1-6,9-10,16-18H,7-8,11-13H2/t16-,17-/m0/s1. The molecular weight excluding hydrogens is 369 g/mol. The van der Waals surface area contributed by atoms with Crippen molar-refractivity contribution in [1.82, 2.24) is 9.88 Å². The highest BCUT2D eigenvalue weighted by molar-refractivity contribution is 5.80. The summed E-state index contributed by atoms with van der Waals surface area (Å²) < 4.78 is 44.7. The van der Waals surface area contributed by atoms with E-state index in [1.54, 1.807) is 12.3 Å². The lowest BCUT2D eigenvalue weighted by atomic mass is 9.98. The van der Waals surface area contributed by atoms with E-state index >= 15 is 0 Å². The number of fused-ring (bicyclic) bond motifs is 2. The number of hydrogen-bond donors (Lipinski definition) is 0. The van der Waals surface area contributed by atoms with Crippen molar-refractivity contribution >= 4 is 5.91 Å². The maximum Gasteiger partial charge on any atom is 0.416 e. The predicted octanol–water partition coefficient (Wildman–Crippen LogP) is 4.24. The molecule has 3 heterocycles. The zero-order valence-electron chi connectivity index (χ0n) is 15.2. The average Bonchev–Trinajstić information content (AvgIpc) is 2.93. The summed E-state index contributed by atoms with van der Waals surface area (Å²) in [6.45, 7) is 0. The average molecular weight is 390 g/mol. The number of carbonyl (C=O) groups excluding carboxylic acids is 1. The zero-order chi connectivity index (χ0) is 19.7. The Balaban J connectivity index is 1.41. The van der Waals surface area contributed by atoms with Crippen molar-refractivity contribution in [2.75, 3.05) is 0 Å². The minimum absolute atomic E-state index is 0.00464. The molecule has 2 aliphatic rings. The predicted molar refractivity (Wildman–Crippen MR) is 96.7 cm³/mol. The van der Waals surface area contributed by atoms with Gasteiger partial charge in [0.15, 0.2) is 0 Å². The minimum atomic E-state index is -4.40. The number of hydrogen-bond acceptors (Lipinski definition) is 3. The van der Waals surface area contributed by atoms with Crippen LogP contribution >= 0.6 is 0 Å². The molecule has 2 bridgehead atoms. The Kier molecular flexibility index (Phi) is 5.00. The summed E-state index contributed by atoms with van der Waals surface area (Å²) in [5.74, 6) is 0.471. The first-order valence-electron chi connectivity index (χ1n) is 9.45. The number of pyridine rings is 1. The largest absolute Gasteiger partial charge is 0.474 e. The van der Waals surface area contributed by atoms with Gasteiger partial charge in [-0.2, -0.15) is 13.2 Å². The number of alkyl halides is 3. The molecule has 148 valence electrons. The molecule has 0 saturated carbocycles. The maximum atomic E-state index is 12.9. The normalized spacial score (nSPS) is 24.2. The summed E-state index contributed by atoms with van der Waals surface area (Å²) in [6, 6.07) is 10.7. The van der Waals surface area contributed by atoms with Gasteiger partial charge in [0.25, 0.3) is 0 Å². The minimum Gasteiger partial charge on any atom is -0.474 e. The molecule has 4 rings (SSSR count). The third-order valence-electron chi connectivity index (χ3n) is 5.51. The molecule has 1 aromatic carbocycles. The monoisotopic (exact) mass is 390 g/mol. The molecule has 2 atom stereocenters. The SMILES string of the molecule is O=C(Cc1cccc(C(F)(F)F)c1)N1[C@H]2CC[C@H]1CC(Oc1ccccn1)C2. The highest BCUT2D eigenvalue weighted by Crippen LogP contribution is 2.37. The van der Waals surface area contributed by atoms with Gasteiger partial charge in [-0.15, -0.1) is 0 Å². The van der Waals surface area contributed by atoms with Crippen LogP contribution in [0.4, 0.5) is 13.2 Å². The van der Waals surface area contributed by atoms with E-state index in [9.17, 15) is 18.0 Å². The second kappa shape index (κ2) is 7.45. The third-order valence-corrected chi connectivity index (χ3v) is 5.51. The van der Waals surface area contributed by atoms with E-state index in [4.69, 9.17) is 4.74 Å². The molecule has 2 fully saturated rings. The number of nitrogens with zero attached hydrogens (tertiary/aromatic N) is 2.